The third kappa shape index (κ3) is 5.11. The van der Waals surface area contributed by atoms with E-state index in [1.54, 1.807) is 0 Å². The van der Waals surface area contributed by atoms with Crippen molar-refractivity contribution in [2.24, 2.45) is 0 Å². The molecule has 18 heavy (non-hydrogen) atoms. The summed E-state index contributed by atoms with van der Waals surface area (Å²) in [5.41, 5.74) is 0. The molecule has 0 radical (unpaired) electrons. The first-order chi connectivity index (χ1) is 8.63. The van der Waals surface area contributed by atoms with Crippen LogP contribution in [0.1, 0.15) is 4.88 Å². The molecule has 0 saturated carbocycles. The zero-order valence-corrected chi connectivity index (χ0v) is 10.6. The van der Waals surface area contributed by atoms with Crippen molar-refractivity contribution in [3.05, 3.63) is 35.0 Å². The highest BCUT2D eigenvalue weighted by Gasteiger charge is 2.20. The lowest BCUT2D eigenvalue weighted by Gasteiger charge is -2.13. The zero-order valence-electron chi connectivity index (χ0n) is 9.80. The van der Waals surface area contributed by atoms with Gasteiger partial charge in [-0.3, -0.25) is 4.79 Å². The molecule has 0 bridgehead atoms. The van der Waals surface area contributed by atoms with Gasteiger partial charge >= 0.3 is 5.97 Å². The summed E-state index contributed by atoms with van der Waals surface area (Å²) in [5, 5.41) is 13.2. The summed E-state index contributed by atoms with van der Waals surface area (Å²) in [4.78, 5) is 23.4. The van der Waals surface area contributed by atoms with Crippen LogP contribution in [0.3, 0.4) is 0 Å². The number of hydrogen-bond donors (Lipinski definition) is 2. The smallest absolute Gasteiger partial charge is 0.328 e. The summed E-state index contributed by atoms with van der Waals surface area (Å²) in [6.07, 6.45) is 1.70. The van der Waals surface area contributed by atoms with E-state index in [-0.39, 0.29) is 25.5 Å². The maximum atomic E-state index is 11.6. The van der Waals surface area contributed by atoms with Gasteiger partial charge in [-0.25, -0.2) is 4.79 Å². The monoisotopic (exact) mass is 269 g/mol. The van der Waals surface area contributed by atoms with Gasteiger partial charge in [0.25, 0.3) is 0 Å². The van der Waals surface area contributed by atoms with Crippen LogP contribution in [0.2, 0.25) is 0 Å². The highest BCUT2D eigenvalue weighted by Crippen LogP contribution is 2.08. The predicted octanol–water partition coefficient (Wildman–Crippen LogP) is 1.06. The van der Waals surface area contributed by atoms with Gasteiger partial charge in [0, 0.05) is 4.88 Å². The van der Waals surface area contributed by atoms with Crippen molar-refractivity contribution < 1.29 is 19.4 Å². The molecule has 98 valence electrons. The number of rotatable bonds is 8. The van der Waals surface area contributed by atoms with Gasteiger partial charge < -0.3 is 15.2 Å². The SMILES string of the molecule is C=CCOCC(NC(=O)Cc1cccs1)C(=O)O. The summed E-state index contributed by atoms with van der Waals surface area (Å²) < 4.78 is 5.03. The highest BCUT2D eigenvalue weighted by molar-refractivity contribution is 7.10. The molecule has 5 nitrogen and oxygen atoms in total. The Labute approximate surface area is 109 Å². The van der Waals surface area contributed by atoms with E-state index in [9.17, 15) is 9.59 Å². The Hall–Kier alpha value is -1.66. The van der Waals surface area contributed by atoms with Crippen LogP contribution in [0.5, 0.6) is 0 Å². The number of thiophene rings is 1. The summed E-state index contributed by atoms with van der Waals surface area (Å²) >= 11 is 1.46. The van der Waals surface area contributed by atoms with Crippen LogP contribution in [0.15, 0.2) is 30.2 Å². The van der Waals surface area contributed by atoms with Crippen molar-refractivity contribution in [2.45, 2.75) is 12.5 Å². The quantitative estimate of drug-likeness (QED) is 0.546. The van der Waals surface area contributed by atoms with Gasteiger partial charge in [0.05, 0.1) is 19.6 Å². The number of carboxylic acid groups (broad SMARTS) is 1. The molecular weight excluding hydrogens is 254 g/mol. The number of nitrogens with one attached hydrogen (secondary N) is 1. The van der Waals surface area contributed by atoms with E-state index < -0.39 is 12.0 Å². The molecule has 1 aromatic heterocycles. The number of amides is 1. The Balaban J connectivity index is 2.42. The Morgan fingerprint density at radius 3 is 2.94 bits per heavy atom. The molecule has 1 amide bonds. The first kappa shape index (κ1) is 14.4. The van der Waals surface area contributed by atoms with Crippen LogP contribution < -0.4 is 5.32 Å². The van der Waals surface area contributed by atoms with Crippen LogP contribution in [-0.2, 0) is 20.7 Å². The van der Waals surface area contributed by atoms with Crippen LogP contribution in [-0.4, -0.2) is 36.2 Å². The average molecular weight is 269 g/mol. The highest BCUT2D eigenvalue weighted by atomic mass is 32.1. The largest absolute Gasteiger partial charge is 0.480 e. The third-order valence-corrected chi connectivity index (χ3v) is 2.94. The molecule has 0 aliphatic rings. The molecule has 1 heterocycles. The summed E-state index contributed by atoms with van der Waals surface area (Å²) in [7, 11) is 0. The van der Waals surface area contributed by atoms with Gasteiger partial charge in [-0.1, -0.05) is 12.1 Å². The van der Waals surface area contributed by atoms with E-state index in [4.69, 9.17) is 9.84 Å². The molecule has 1 unspecified atom stereocenters. The van der Waals surface area contributed by atoms with Crippen molar-refractivity contribution in [1.29, 1.82) is 0 Å². The molecule has 0 fully saturated rings. The minimum absolute atomic E-state index is 0.0719. The number of carboxylic acids is 1. The Bertz CT molecular complexity index is 402. The molecule has 0 spiro atoms. The van der Waals surface area contributed by atoms with E-state index in [1.807, 2.05) is 17.5 Å². The minimum Gasteiger partial charge on any atom is -0.480 e. The molecule has 0 aliphatic heterocycles. The van der Waals surface area contributed by atoms with Crippen LogP contribution in [0, 0.1) is 0 Å². The van der Waals surface area contributed by atoms with Crippen LogP contribution >= 0.6 is 11.3 Å². The van der Waals surface area contributed by atoms with E-state index in [0.29, 0.717) is 0 Å². The van der Waals surface area contributed by atoms with Gasteiger partial charge in [-0.05, 0) is 11.4 Å². The van der Waals surface area contributed by atoms with E-state index in [0.717, 1.165) is 4.88 Å². The Kier molecular flexibility index (Phi) is 6.10. The second kappa shape index (κ2) is 7.62. The average Bonchev–Trinajstić information content (AvgIpc) is 2.80. The molecule has 6 heteroatoms. The molecule has 1 rings (SSSR count). The van der Waals surface area contributed by atoms with E-state index >= 15 is 0 Å². The van der Waals surface area contributed by atoms with E-state index in [2.05, 4.69) is 11.9 Å². The molecule has 1 aromatic rings. The summed E-state index contributed by atoms with van der Waals surface area (Å²) in [6.45, 7) is 3.64. The second-order valence-corrected chi connectivity index (χ2v) is 4.57. The van der Waals surface area contributed by atoms with Crippen molar-refractivity contribution in [3.8, 4) is 0 Å². The number of hydrogen-bond acceptors (Lipinski definition) is 4. The summed E-state index contributed by atoms with van der Waals surface area (Å²) in [5.74, 6) is -1.44. The maximum absolute atomic E-state index is 11.6. The Morgan fingerprint density at radius 1 is 1.61 bits per heavy atom. The molecule has 0 saturated heterocycles. The van der Waals surface area contributed by atoms with Gasteiger partial charge in [0.15, 0.2) is 6.04 Å². The maximum Gasteiger partial charge on any atom is 0.328 e. The first-order valence-electron chi connectivity index (χ1n) is 5.36. The predicted molar refractivity (Wildman–Crippen MR) is 68.6 cm³/mol. The van der Waals surface area contributed by atoms with Crippen molar-refractivity contribution in [3.63, 3.8) is 0 Å². The third-order valence-electron chi connectivity index (χ3n) is 2.07. The van der Waals surface area contributed by atoms with Crippen molar-refractivity contribution >= 4 is 23.2 Å². The molecule has 0 aliphatic carbocycles. The standard InChI is InChI=1S/C12H15NO4S/c1-2-5-17-8-10(12(15)16)13-11(14)7-9-4-3-6-18-9/h2-4,6,10H,1,5,7-8H2,(H,13,14)(H,15,16). The van der Waals surface area contributed by atoms with E-state index in [1.165, 1.54) is 17.4 Å². The van der Waals surface area contributed by atoms with Gasteiger partial charge in [0.1, 0.15) is 0 Å². The van der Waals surface area contributed by atoms with Gasteiger partial charge in [-0.2, -0.15) is 0 Å². The topological polar surface area (TPSA) is 75.6 Å². The van der Waals surface area contributed by atoms with Crippen LogP contribution in [0.4, 0.5) is 0 Å². The number of carbonyl (C=O) groups is 2. The number of carbonyl (C=O) groups excluding carboxylic acids is 1. The van der Waals surface area contributed by atoms with Gasteiger partial charge in [-0.15, -0.1) is 17.9 Å². The van der Waals surface area contributed by atoms with Crippen LogP contribution in [0.25, 0.3) is 0 Å². The zero-order chi connectivity index (χ0) is 13.4. The lowest BCUT2D eigenvalue weighted by atomic mass is 10.2. The fraction of sp³-hybridized carbons (Fsp3) is 0.333. The Morgan fingerprint density at radius 2 is 2.39 bits per heavy atom. The van der Waals surface area contributed by atoms with Crippen molar-refractivity contribution in [2.75, 3.05) is 13.2 Å². The molecular formula is C12H15NO4S. The molecule has 0 aromatic carbocycles. The molecule has 2 N–H and O–H groups in total. The normalized spacial score (nSPS) is 11.8. The van der Waals surface area contributed by atoms with Crippen molar-refractivity contribution in [1.82, 2.24) is 5.32 Å². The lowest BCUT2D eigenvalue weighted by Crippen LogP contribution is -2.44. The van der Waals surface area contributed by atoms with Gasteiger partial charge in [0.2, 0.25) is 5.91 Å². The first-order valence-corrected chi connectivity index (χ1v) is 6.24. The number of ether oxygens (including phenoxy) is 1. The lowest BCUT2D eigenvalue weighted by molar-refractivity contribution is -0.143. The minimum atomic E-state index is -1.11. The second-order valence-electron chi connectivity index (χ2n) is 3.54. The fourth-order valence-corrected chi connectivity index (χ4v) is 1.96. The molecule has 1 atom stereocenters. The summed E-state index contributed by atoms with van der Waals surface area (Å²) in [6, 6.07) is 2.64. The number of aliphatic carboxylic acids is 1. The fourth-order valence-electron chi connectivity index (χ4n) is 1.26.